The minimum absolute atomic E-state index is 0.00691. The summed E-state index contributed by atoms with van der Waals surface area (Å²) in [5, 5.41) is 2.59. The summed E-state index contributed by atoms with van der Waals surface area (Å²) < 4.78 is 12.3. The molecule has 0 spiro atoms. The molecule has 3 aromatic heterocycles. The number of thiazole rings is 1. The maximum atomic E-state index is 12.8. The molecule has 1 aliphatic heterocycles. The highest BCUT2D eigenvalue weighted by atomic mass is 32.1. The number of nitrogens with zero attached hydrogens (tertiary/aromatic N) is 3. The molecular weight excluding hydrogens is 470 g/mol. The molecular formula is C25H19N3O6S. The molecule has 0 N–H and O–H groups in total. The number of aromatic nitrogens is 2. The largest absolute Gasteiger partial charge is 0.467 e. The Balaban J connectivity index is 1.29. The lowest BCUT2D eigenvalue weighted by Crippen LogP contribution is -2.28. The fourth-order valence-electron chi connectivity index (χ4n) is 4.08. The van der Waals surface area contributed by atoms with Gasteiger partial charge in [0.2, 0.25) is 5.78 Å². The van der Waals surface area contributed by atoms with Gasteiger partial charge in [0.15, 0.2) is 11.7 Å². The standard InChI is InChI=1S/C25H19N3O6S/c1-14-10-19(15(2)28(14)25-26-7-9-35-25)21(29)13-34-24(32)16-5-6-18-20(11-16)23(31)27(22(18)30)12-17-4-3-8-33-17/h3-11H,12-13H2,1-2H3. The van der Waals surface area contributed by atoms with Crippen molar-refractivity contribution in [2.24, 2.45) is 0 Å². The van der Waals surface area contributed by atoms with E-state index in [0.717, 1.165) is 15.7 Å². The molecule has 0 saturated carbocycles. The number of imide groups is 1. The molecule has 0 radical (unpaired) electrons. The van der Waals surface area contributed by atoms with E-state index in [-0.39, 0.29) is 29.0 Å². The second-order valence-electron chi connectivity index (χ2n) is 7.97. The summed E-state index contributed by atoms with van der Waals surface area (Å²) in [7, 11) is 0. The second kappa shape index (κ2) is 8.80. The lowest BCUT2D eigenvalue weighted by atomic mass is 10.1. The average Bonchev–Trinajstić information content (AvgIpc) is 3.64. The Morgan fingerprint density at radius 1 is 1.09 bits per heavy atom. The predicted octanol–water partition coefficient (Wildman–Crippen LogP) is 3.98. The number of carbonyl (C=O) groups is 4. The van der Waals surface area contributed by atoms with Gasteiger partial charge in [-0.25, -0.2) is 9.78 Å². The lowest BCUT2D eigenvalue weighted by Gasteiger charge is -2.11. The van der Waals surface area contributed by atoms with Gasteiger partial charge in [-0.15, -0.1) is 11.3 Å². The lowest BCUT2D eigenvalue weighted by molar-refractivity contribution is 0.0474. The number of rotatable bonds is 7. The third-order valence-corrected chi connectivity index (χ3v) is 6.53. The van der Waals surface area contributed by atoms with Crippen molar-refractivity contribution in [3.05, 3.63) is 93.6 Å². The molecule has 10 heteroatoms. The zero-order chi connectivity index (χ0) is 24.7. The van der Waals surface area contributed by atoms with Crippen molar-refractivity contribution >= 4 is 34.9 Å². The van der Waals surface area contributed by atoms with Crippen LogP contribution in [0.25, 0.3) is 5.13 Å². The van der Waals surface area contributed by atoms with Crippen molar-refractivity contribution in [3.8, 4) is 5.13 Å². The Labute approximate surface area is 203 Å². The van der Waals surface area contributed by atoms with Crippen molar-refractivity contribution in [2.75, 3.05) is 6.61 Å². The summed E-state index contributed by atoms with van der Waals surface area (Å²) in [5.41, 5.74) is 2.36. The number of Topliss-reactive ketones (excluding diaryl/α,β-unsaturated/α-hetero) is 1. The normalized spacial score (nSPS) is 12.8. The first kappa shape index (κ1) is 22.5. The molecule has 5 rings (SSSR count). The molecule has 9 nitrogen and oxygen atoms in total. The van der Waals surface area contributed by atoms with Gasteiger partial charge < -0.3 is 9.15 Å². The average molecular weight is 490 g/mol. The monoisotopic (exact) mass is 489 g/mol. The summed E-state index contributed by atoms with van der Waals surface area (Å²) in [6.07, 6.45) is 3.15. The highest BCUT2D eigenvalue weighted by molar-refractivity contribution is 7.12. The molecule has 0 bridgehead atoms. The van der Waals surface area contributed by atoms with E-state index >= 15 is 0 Å². The Kier molecular flexibility index (Phi) is 5.65. The van der Waals surface area contributed by atoms with E-state index in [1.807, 2.05) is 16.9 Å². The van der Waals surface area contributed by atoms with Gasteiger partial charge >= 0.3 is 5.97 Å². The number of ketones is 1. The first-order valence-corrected chi connectivity index (χ1v) is 11.5. The number of amides is 2. The smallest absolute Gasteiger partial charge is 0.338 e. The predicted molar refractivity (Wildman–Crippen MR) is 125 cm³/mol. The van der Waals surface area contributed by atoms with Crippen LogP contribution in [0.5, 0.6) is 0 Å². The van der Waals surface area contributed by atoms with E-state index in [4.69, 9.17) is 9.15 Å². The first-order valence-electron chi connectivity index (χ1n) is 10.7. The van der Waals surface area contributed by atoms with Gasteiger partial charge in [-0.3, -0.25) is 23.9 Å². The van der Waals surface area contributed by atoms with Gasteiger partial charge in [0.05, 0.1) is 29.5 Å². The van der Waals surface area contributed by atoms with Crippen molar-refractivity contribution in [2.45, 2.75) is 20.4 Å². The van der Waals surface area contributed by atoms with Crippen LogP contribution in [0.3, 0.4) is 0 Å². The number of benzene rings is 1. The van der Waals surface area contributed by atoms with Crippen LogP contribution in [0.4, 0.5) is 0 Å². The number of hydrogen-bond donors (Lipinski definition) is 0. The molecule has 0 saturated heterocycles. The summed E-state index contributed by atoms with van der Waals surface area (Å²) in [5.74, 6) is -1.65. The maximum absolute atomic E-state index is 12.8. The van der Waals surface area contributed by atoms with Gasteiger partial charge in [-0.2, -0.15) is 0 Å². The third kappa shape index (κ3) is 3.97. The number of aryl methyl sites for hydroxylation is 1. The van der Waals surface area contributed by atoms with Crippen LogP contribution in [-0.4, -0.2) is 44.6 Å². The minimum Gasteiger partial charge on any atom is -0.467 e. The van der Waals surface area contributed by atoms with Gasteiger partial charge in [-0.1, -0.05) is 0 Å². The third-order valence-electron chi connectivity index (χ3n) is 5.78. The quantitative estimate of drug-likeness (QED) is 0.219. The highest BCUT2D eigenvalue weighted by Gasteiger charge is 2.36. The second-order valence-corrected chi connectivity index (χ2v) is 8.84. The van der Waals surface area contributed by atoms with E-state index in [2.05, 4.69) is 4.98 Å². The fraction of sp³-hybridized carbons (Fsp3) is 0.160. The van der Waals surface area contributed by atoms with Crippen LogP contribution in [0, 0.1) is 13.8 Å². The van der Waals surface area contributed by atoms with Crippen LogP contribution in [0.15, 0.2) is 58.7 Å². The molecule has 0 atom stereocenters. The highest BCUT2D eigenvalue weighted by Crippen LogP contribution is 2.26. The van der Waals surface area contributed by atoms with E-state index in [1.165, 1.54) is 35.8 Å². The molecule has 2 amide bonds. The zero-order valence-electron chi connectivity index (χ0n) is 18.8. The SMILES string of the molecule is Cc1cc(C(=O)COC(=O)c2ccc3c(c2)C(=O)N(Cc2ccco2)C3=O)c(C)n1-c1nccs1. The molecule has 1 aliphatic rings. The van der Waals surface area contributed by atoms with Crippen molar-refractivity contribution < 1.29 is 28.3 Å². The van der Waals surface area contributed by atoms with E-state index in [1.54, 1.807) is 31.3 Å². The van der Waals surface area contributed by atoms with Gasteiger partial charge in [0.25, 0.3) is 11.8 Å². The Morgan fingerprint density at radius 3 is 2.60 bits per heavy atom. The van der Waals surface area contributed by atoms with Crippen molar-refractivity contribution in [1.29, 1.82) is 0 Å². The topological polar surface area (TPSA) is 112 Å². The van der Waals surface area contributed by atoms with Gasteiger partial charge in [0, 0.05) is 28.5 Å². The van der Waals surface area contributed by atoms with E-state index in [0.29, 0.717) is 17.0 Å². The van der Waals surface area contributed by atoms with Gasteiger partial charge in [-0.05, 0) is 50.2 Å². The summed E-state index contributed by atoms with van der Waals surface area (Å²) >= 11 is 1.45. The van der Waals surface area contributed by atoms with Crippen LogP contribution in [0.2, 0.25) is 0 Å². The Bertz CT molecular complexity index is 1470. The van der Waals surface area contributed by atoms with Gasteiger partial charge in [0.1, 0.15) is 5.76 Å². The summed E-state index contributed by atoms with van der Waals surface area (Å²) in [6.45, 7) is 3.21. The van der Waals surface area contributed by atoms with Crippen LogP contribution in [0.1, 0.15) is 58.6 Å². The van der Waals surface area contributed by atoms with Crippen molar-refractivity contribution in [1.82, 2.24) is 14.5 Å². The molecule has 4 heterocycles. The van der Waals surface area contributed by atoms with E-state index in [9.17, 15) is 19.2 Å². The fourth-order valence-corrected chi connectivity index (χ4v) is 4.83. The van der Waals surface area contributed by atoms with Crippen LogP contribution < -0.4 is 0 Å². The summed E-state index contributed by atoms with van der Waals surface area (Å²) in [4.78, 5) is 56.2. The molecule has 4 aromatic rings. The maximum Gasteiger partial charge on any atom is 0.338 e. The number of fused-ring (bicyclic) bond motifs is 1. The molecule has 0 fully saturated rings. The van der Waals surface area contributed by atoms with Crippen molar-refractivity contribution in [3.63, 3.8) is 0 Å². The number of carbonyl (C=O) groups excluding carboxylic acids is 4. The van der Waals surface area contributed by atoms with E-state index < -0.39 is 24.4 Å². The molecule has 0 aliphatic carbocycles. The molecule has 176 valence electrons. The number of esters is 1. The molecule has 1 aromatic carbocycles. The summed E-state index contributed by atoms with van der Waals surface area (Å²) in [6, 6.07) is 9.20. The molecule has 0 unspecified atom stereocenters. The number of hydrogen-bond acceptors (Lipinski definition) is 8. The Morgan fingerprint density at radius 2 is 1.89 bits per heavy atom. The Hall–Kier alpha value is -4.31. The van der Waals surface area contributed by atoms with Crippen LogP contribution >= 0.6 is 11.3 Å². The molecule has 35 heavy (non-hydrogen) atoms. The first-order chi connectivity index (χ1) is 16.8. The minimum atomic E-state index is -0.764. The van der Waals surface area contributed by atoms with Crippen LogP contribution in [-0.2, 0) is 11.3 Å². The zero-order valence-corrected chi connectivity index (χ0v) is 19.6. The number of ether oxygens (including phenoxy) is 1. The number of furan rings is 1.